The zero-order chi connectivity index (χ0) is 17.4. The molecule has 0 saturated heterocycles. The maximum absolute atomic E-state index is 12.4. The fraction of sp³-hybridized carbons (Fsp3) is 0.381. The highest BCUT2D eigenvalue weighted by Gasteiger charge is 2.19. The van der Waals surface area contributed by atoms with Crippen LogP contribution in [0.2, 0.25) is 0 Å². The van der Waals surface area contributed by atoms with E-state index < -0.39 is 0 Å². The number of likely N-dealkylation sites (N-methyl/N-ethyl adjacent to an activating group) is 1. The normalized spacial score (nSPS) is 12.2. The van der Waals surface area contributed by atoms with Crippen LogP contribution in [0.15, 0.2) is 60.7 Å². The largest absolute Gasteiger partial charge is 0.311 e. The maximum atomic E-state index is 12.4. The highest BCUT2D eigenvalue weighted by molar-refractivity contribution is 5.93. The Morgan fingerprint density at radius 1 is 1.00 bits per heavy atom. The van der Waals surface area contributed by atoms with Crippen molar-refractivity contribution in [3.05, 3.63) is 66.2 Å². The summed E-state index contributed by atoms with van der Waals surface area (Å²) in [5.41, 5.74) is 2.33. The van der Waals surface area contributed by atoms with Crippen molar-refractivity contribution in [1.29, 1.82) is 0 Å². The highest BCUT2D eigenvalue weighted by atomic mass is 16.2. The van der Waals surface area contributed by atoms with Gasteiger partial charge in [0.25, 0.3) is 0 Å². The molecule has 0 N–H and O–H groups in total. The van der Waals surface area contributed by atoms with Gasteiger partial charge in [0.05, 0.1) is 0 Å². The summed E-state index contributed by atoms with van der Waals surface area (Å²) < 4.78 is 0. The Kier molecular flexibility index (Phi) is 7.01. The minimum Gasteiger partial charge on any atom is -0.311 e. The lowest BCUT2D eigenvalue weighted by Gasteiger charge is -2.31. The van der Waals surface area contributed by atoms with Crippen LogP contribution in [0, 0.1) is 0 Å². The third-order valence-electron chi connectivity index (χ3n) is 4.47. The van der Waals surface area contributed by atoms with E-state index in [-0.39, 0.29) is 5.91 Å². The van der Waals surface area contributed by atoms with Gasteiger partial charge in [-0.25, -0.2) is 0 Å². The van der Waals surface area contributed by atoms with Crippen LogP contribution >= 0.6 is 0 Å². The number of carbonyl (C=O) groups is 1. The molecule has 2 aromatic carbocycles. The summed E-state index contributed by atoms with van der Waals surface area (Å²) in [7, 11) is 2.13. The quantitative estimate of drug-likeness (QED) is 0.733. The van der Waals surface area contributed by atoms with Crippen molar-refractivity contribution in [3.8, 4) is 0 Å². The Labute approximate surface area is 145 Å². The van der Waals surface area contributed by atoms with Crippen molar-refractivity contribution in [2.75, 3.05) is 25.0 Å². The first-order valence-corrected chi connectivity index (χ1v) is 8.71. The van der Waals surface area contributed by atoms with E-state index in [1.54, 1.807) is 0 Å². The van der Waals surface area contributed by atoms with Gasteiger partial charge in [0.15, 0.2) is 0 Å². The summed E-state index contributed by atoms with van der Waals surface area (Å²) in [6.07, 6.45) is 1.55. The molecular weight excluding hydrogens is 296 g/mol. The molecule has 0 heterocycles. The van der Waals surface area contributed by atoms with Gasteiger partial charge in [-0.3, -0.25) is 4.79 Å². The van der Waals surface area contributed by atoms with Gasteiger partial charge in [0.1, 0.15) is 0 Å². The van der Waals surface area contributed by atoms with E-state index in [0.717, 1.165) is 18.7 Å². The van der Waals surface area contributed by atoms with Gasteiger partial charge < -0.3 is 9.80 Å². The van der Waals surface area contributed by atoms with Crippen molar-refractivity contribution >= 4 is 11.6 Å². The molecule has 0 aliphatic carbocycles. The molecule has 1 amide bonds. The lowest BCUT2D eigenvalue weighted by molar-refractivity contribution is -0.118. The molecule has 0 unspecified atom stereocenters. The van der Waals surface area contributed by atoms with Crippen molar-refractivity contribution in [2.24, 2.45) is 0 Å². The number of anilines is 1. The molecule has 0 radical (unpaired) electrons. The first-order valence-electron chi connectivity index (χ1n) is 8.71. The van der Waals surface area contributed by atoms with Crippen LogP contribution in [-0.2, 0) is 11.2 Å². The molecule has 3 nitrogen and oxygen atoms in total. The molecule has 0 fully saturated rings. The molecule has 0 aromatic heterocycles. The molecular formula is C21H28N2O. The van der Waals surface area contributed by atoms with Crippen LogP contribution in [-0.4, -0.2) is 37.0 Å². The van der Waals surface area contributed by atoms with Gasteiger partial charge in [-0.15, -0.1) is 0 Å². The average molecular weight is 324 g/mol. The Balaban J connectivity index is 1.96. The summed E-state index contributed by atoms with van der Waals surface area (Å²) in [6.45, 7) is 5.79. The van der Waals surface area contributed by atoms with E-state index in [2.05, 4.69) is 43.1 Å². The summed E-state index contributed by atoms with van der Waals surface area (Å²) in [4.78, 5) is 16.6. The van der Waals surface area contributed by atoms with Crippen molar-refractivity contribution in [1.82, 2.24) is 4.90 Å². The lowest BCUT2D eigenvalue weighted by Crippen LogP contribution is -2.43. The van der Waals surface area contributed by atoms with Gasteiger partial charge in [-0.05, 0) is 38.1 Å². The third-order valence-corrected chi connectivity index (χ3v) is 4.47. The molecule has 0 saturated carbocycles. The Morgan fingerprint density at radius 3 is 2.17 bits per heavy atom. The average Bonchev–Trinajstić information content (AvgIpc) is 2.64. The Hall–Kier alpha value is -2.13. The fourth-order valence-electron chi connectivity index (χ4n) is 2.72. The van der Waals surface area contributed by atoms with Crippen molar-refractivity contribution in [3.63, 3.8) is 0 Å². The monoisotopic (exact) mass is 324 g/mol. The molecule has 2 rings (SSSR count). The van der Waals surface area contributed by atoms with Gasteiger partial charge >= 0.3 is 0 Å². The smallest absolute Gasteiger partial charge is 0.226 e. The SMILES string of the molecule is CCC(=O)N(C[C@H](C)N(C)CCc1ccccc1)c1ccccc1. The standard InChI is InChI=1S/C21H28N2O/c1-4-21(24)23(20-13-9-6-10-14-20)17-18(2)22(3)16-15-19-11-7-5-8-12-19/h5-14,18H,4,15-17H2,1-3H3/t18-/m0/s1. The number of hydrogen-bond acceptors (Lipinski definition) is 2. The number of benzene rings is 2. The first-order chi connectivity index (χ1) is 11.6. The van der Waals surface area contributed by atoms with E-state index in [4.69, 9.17) is 0 Å². The van der Waals surface area contributed by atoms with Crippen LogP contribution in [0.25, 0.3) is 0 Å². The van der Waals surface area contributed by atoms with E-state index in [1.165, 1.54) is 5.56 Å². The number of para-hydroxylation sites is 1. The van der Waals surface area contributed by atoms with Crippen LogP contribution in [0.3, 0.4) is 0 Å². The zero-order valence-corrected chi connectivity index (χ0v) is 15.0. The number of carbonyl (C=O) groups excluding carboxylic acids is 1. The molecule has 0 aliphatic heterocycles. The molecule has 24 heavy (non-hydrogen) atoms. The summed E-state index contributed by atoms with van der Waals surface area (Å²) in [6, 6.07) is 20.8. The Morgan fingerprint density at radius 2 is 1.58 bits per heavy atom. The van der Waals surface area contributed by atoms with Crippen LogP contribution in [0.5, 0.6) is 0 Å². The van der Waals surface area contributed by atoms with E-state index in [0.29, 0.717) is 19.0 Å². The molecule has 1 atom stereocenters. The summed E-state index contributed by atoms with van der Waals surface area (Å²) in [5, 5.41) is 0. The molecule has 2 aromatic rings. The topological polar surface area (TPSA) is 23.6 Å². The van der Waals surface area contributed by atoms with Gasteiger partial charge in [-0.1, -0.05) is 55.5 Å². The minimum atomic E-state index is 0.171. The number of nitrogens with zero attached hydrogens (tertiary/aromatic N) is 2. The van der Waals surface area contributed by atoms with Crippen molar-refractivity contribution < 1.29 is 4.79 Å². The predicted octanol–water partition coefficient (Wildman–Crippen LogP) is 3.99. The van der Waals surface area contributed by atoms with Gasteiger partial charge in [0, 0.05) is 31.2 Å². The first kappa shape index (κ1) is 18.2. The summed E-state index contributed by atoms with van der Waals surface area (Å²) in [5.74, 6) is 0.171. The number of hydrogen-bond donors (Lipinski definition) is 0. The van der Waals surface area contributed by atoms with Gasteiger partial charge in [-0.2, -0.15) is 0 Å². The highest BCUT2D eigenvalue weighted by Crippen LogP contribution is 2.16. The minimum absolute atomic E-state index is 0.171. The summed E-state index contributed by atoms with van der Waals surface area (Å²) >= 11 is 0. The van der Waals surface area contributed by atoms with Crippen molar-refractivity contribution in [2.45, 2.75) is 32.7 Å². The van der Waals surface area contributed by atoms with Crippen LogP contribution < -0.4 is 4.90 Å². The maximum Gasteiger partial charge on any atom is 0.226 e. The fourth-order valence-corrected chi connectivity index (χ4v) is 2.72. The Bertz CT molecular complexity index is 612. The second-order valence-corrected chi connectivity index (χ2v) is 6.26. The molecule has 3 heteroatoms. The molecule has 128 valence electrons. The van der Waals surface area contributed by atoms with Crippen LogP contribution in [0.1, 0.15) is 25.8 Å². The predicted molar refractivity (Wildman–Crippen MR) is 101 cm³/mol. The number of amides is 1. The lowest BCUT2D eigenvalue weighted by atomic mass is 10.1. The molecule has 0 aliphatic rings. The van der Waals surface area contributed by atoms with E-state index >= 15 is 0 Å². The second kappa shape index (κ2) is 9.24. The molecule has 0 bridgehead atoms. The number of rotatable bonds is 8. The van der Waals surface area contributed by atoms with E-state index in [9.17, 15) is 4.79 Å². The van der Waals surface area contributed by atoms with Gasteiger partial charge in [0.2, 0.25) is 5.91 Å². The molecule has 0 spiro atoms. The zero-order valence-electron chi connectivity index (χ0n) is 15.0. The third kappa shape index (κ3) is 5.20. The van der Waals surface area contributed by atoms with E-state index in [1.807, 2.05) is 48.2 Å². The van der Waals surface area contributed by atoms with Crippen LogP contribution in [0.4, 0.5) is 5.69 Å². The second-order valence-electron chi connectivity index (χ2n) is 6.26.